The number of hydrogen-bond acceptors (Lipinski definition) is 5. The van der Waals surface area contributed by atoms with Crippen LogP contribution in [-0.2, 0) is 13.1 Å². The van der Waals surface area contributed by atoms with Gasteiger partial charge < -0.3 is 20.5 Å². The summed E-state index contributed by atoms with van der Waals surface area (Å²) in [6.45, 7) is 5.32. The maximum atomic E-state index is 9.91. The molecule has 0 bridgehead atoms. The largest absolute Gasteiger partial charge is 0.508 e. The summed E-state index contributed by atoms with van der Waals surface area (Å²) in [6.07, 6.45) is 0. The van der Waals surface area contributed by atoms with Gasteiger partial charge in [-0.05, 0) is 24.1 Å². The quantitative estimate of drug-likeness (QED) is 0.338. The zero-order valence-corrected chi connectivity index (χ0v) is 18.0. The van der Waals surface area contributed by atoms with Gasteiger partial charge in [-0.25, -0.2) is 4.98 Å². The van der Waals surface area contributed by atoms with Gasteiger partial charge in [0.2, 0.25) is 0 Å². The highest BCUT2D eigenvalue weighted by molar-refractivity contribution is 14.0. The van der Waals surface area contributed by atoms with Gasteiger partial charge in [0.15, 0.2) is 5.96 Å². The van der Waals surface area contributed by atoms with Crippen LogP contribution in [-0.4, -0.2) is 30.2 Å². The Kier molecular flexibility index (Phi) is 8.98. The Balaban J connectivity index is 0.00000312. The van der Waals surface area contributed by atoms with Gasteiger partial charge in [0.25, 0.3) is 0 Å². The van der Waals surface area contributed by atoms with Gasteiger partial charge in [0.05, 0.1) is 19.3 Å². The molecule has 8 heteroatoms. The van der Waals surface area contributed by atoms with Crippen molar-refractivity contribution in [2.45, 2.75) is 32.9 Å². The molecule has 25 heavy (non-hydrogen) atoms. The van der Waals surface area contributed by atoms with Crippen LogP contribution < -0.4 is 15.4 Å². The molecule has 0 spiro atoms. The molecule has 0 saturated carbocycles. The number of benzene rings is 1. The molecular formula is C17H25IN4O2S. The summed E-state index contributed by atoms with van der Waals surface area (Å²) in [4.78, 5) is 8.78. The van der Waals surface area contributed by atoms with Crippen LogP contribution in [0.2, 0.25) is 0 Å². The van der Waals surface area contributed by atoms with E-state index in [9.17, 15) is 5.11 Å². The third-order valence-electron chi connectivity index (χ3n) is 3.52. The van der Waals surface area contributed by atoms with E-state index in [4.69, 9.17) is 4.74 Å². The van der Waals surface area contributed by atoms with E-state index in [2.05, 4.69) is 39.8 Å². The fourth-order valence-electron chi connectivity index (χ4n) is 2.06. The third-order valence-corrected chi connectivity index (χ3v) is 4.39. The normalized spacial score (nSPS) is 11.2. The highest BCUT2D eigenvalue weighted by atomic mass is 127. The predicted molar refractivity (Wildman–Crippen MR) is 113 cm³/mol. The number of phenols is 1. The van der Waals surface area contributed by atoms with Gasteiger partial charge in [0, 0.05) is 24.5 Å². The highest BCUT2D eigenvalue weighted by Crippen LogP contribution is 2.22. The number of nitrogens with zero attached hydrogens (tertiary/aromatic N) is 2. The van der Waals surface area contributed by atoms with E-state index >= 15 is 0 Å². The van der Waals surface area contributed by atoms with E-state index in [1.807, 2.05) is 0 Å². The molecule has 1 aromatic carbocycles. The van der Waals surface area contributed by atoms with Crippen LogP contribution >= 0.6 is 35.3 Å². The van der Waals surface area contributed by atoms with Crippen LogP contribution in [0.15, 0.2) is 28.6 Å². The van der Waals surface area contributed by atoms with Crippen LogP contribution in [0, 0.1) is 0 Å². The third kappa shape index (κ3) is 6.35. The number of aromatic hydroxyl groups is 1. The molecule has 1 aromatic heterocycles. The summed E-state index contributed by atoms with van der Waals surface area (Å²) in [7, 11) is 3.31. The first-order valence-corrected chi connectivity index (χ1v) is 8.66. The number of halogens is 1. The monoisotopic (exact) mass is 476 g/mol. The number of aromatic nitrogens is 1. The number of rotatable bonds is 6. The van der Waals surface area contributed by atoms with Crippen LogP contribution in [0.3, 0.4) is 0 Å². The Labute approximate surface area is 169 Å². The molecule has 2 aromatic rings. The lowest BCUT2D eigenvalue weighted by molar-refractivity contribution is 0.410. The van der Waals surface area contributed by atoms with Crippen LogP contribution in [0.4, 0.5) is 0 Å². The summed E-state index contributed by atoms with van der Waals surface area (Å²) in [5, 5.41) is 19.4. The number of methoxy groups -OCH3 is 1. The zero-order chi connectivity index (χ0) is 17.5. The summed E-state index contributed by atoms with van der Waals surface area (Å²) >= 11 is 1.64. The molecule has 138 valence electrons. The number of nitrogens with one attached hydrogen (secondary N) is 2. The molecule has 0 aliphatic carbocycles. The summed E-state index contributed by atoms with van der Waals surface area (Å²) in [5.74, 6) is 2.01. The first-order chi connectivity index (χ1) is 11.5. The average Bonchev–Trinajstić information content (AvgIpc) is 3.05. The molecule has 0 atom stereocenters. The van der Waals surface area contributed by atoms with Crippen molar-refractivity contribution in [3.8, 4) is 11.5 Å². The van der Waals surface area contributed by atoms with Gasteiger partial charge in [-0.1, -0.05) is 13.8 Å². The minimum atomic E-state index is 0. The molecule has 6 nitrogen and oxygen atoms in total. The van der Waals surface area contributed by atoms with Gasteiger partial charge in [-0.2, -0.15) is 0 Å². The molecule has 2 rings (SSSR count). The second kappa shape index (κ2) is 10.4. The minimum Gasteiger partial charge on any atom is -0.508 e. The summed E-state index contributed by atoms with van der Waals surface area (Å²) < 4.78 is 5.18. The molecule has 0 unspecified atom stereocenters. The lowest BCUT2D eigenvalue weighted by Gasteiger charge is -2.12. The van der Waals surface area contributed by atoms with E-state index in [-0.39, 0.29) is 29.7 Å². The minimum absolute atomic E-state index is 0. The lowest BCUT2D eigenvalue weighted by atomic mass is 10.2. The number of guanidine groups is 1. The number of thiazole rings is 1. The van der Waals surface area contributed by atoms with Crippen molar-refractivity contribution in [3.05, 3.63) is 39.8 Å². The second-order valence-electron chi connectivity index (χ2n) is 5.59. The van der Waals surface area contributed by atoms with Gasteiger partial charge >= 0.3 is 0 Å². The maximum absolute atomic E-state index is 9.91. The summed E-state index contributed by atoms with van der Waals surface area (Å²) in [5.41, 5.74) is 1.86. The van der Waals surface area contributed by atoms with E-state index < -0.39 is 0 Å². The van der Waals surface area contributed by atoms with Crippen molar-refractivity contribution >= 4 is 41.3 Å². The zero-order valence-electron chi connectivity index (χ0n) is 14.9. The van der Waals surface area contributed by atoms with Crippen LogP contribution in [0.1, 0.15) is 36.0 Å². The molecule has 3 N–H and O–H groups in total. The molecule has 0 saturated heterocycles. The number of ether oxygens (including phenoxy) is 1. The topological polar surface area (TPSA) is 78.8 Å². The smallest absolute Gasteiger partial charge is 0.191 e. The van der Waals surface area contributed by atoms with Crippen molar-refractivity contribution in [2.24, 2.45) is 4.99 Å². The van der Waals surface area contributed by atoms with E-state index in [1.54, 1.807) is 43.7 Å². The molecule has 0 aliphatic rings. The second-order valence-corrected chi connectivity index (χ2v) is 6.54. The first kappa shape index (κ1) is 21.5. The molecule has 0 amide bonds. The fourth-order valence-corrected chi connectivity index (χ4v) is 2.96. The van der Waals surface area contributed by atoms with E-state index in [1.165, 1.54) is 0 Å². The molecule has 1 heterocycles. The standard InChI is InChI=1S/C17H24N4O2S.HI/c1-11(2)14-10-24-16(21-14)9-20-17(18-3)19-8-12-7-13(23-4)5-6-15(12)22;/h5-7,10-11,22H,8-9H2,1-4H3,(H2,18,19,20);1H. The van der Waals surface area contributed by atoms with Gasteiger partial charge in [0.1, 0.15) is 16.5 Å². The number of aliphatic imine (C=N–C) groups is 1. The SMILES string of the molecule is CN=C(NCc1nc(C(C)C)cs1)NCc1cc(OC)ccc1O.I. The van der Waals surface area contributed by atoms with E-state index in [0.717, 1.165) is 16.3 Å². The highest BCUT2D eigenvalue weighted by Gasteiger charge is 2.08. The van der Waals surface area contributed by atoms with Crippen LogP contribution in [0.5, 0.6) is 11.5 Å². The molecule has 0 fully saturated rings. The predicted octanol–water partition coefficient (Wildman–Crippen LogP) is 3.46. The fraction of sp³-hybridized carbons (Fsp3) is 0.412. The number of hydrogen-bond donors (Lipinski definition) is 3. The number of phenolic OH excluding ortho intramolecular Hbond substituents is 1. The first-order valence-electron chi connectivity index (χ1n) is 7.78. The van der Waals surface area contributed by atoms with Crippen molar-refractivity contribution in [3.63, 3.8) is 0 Å². The van der Waals surface area contributed by atoms with Gasteiger partial charge in [-0.15, -0.1) is 35.3 Å². The Hall–Kier alpha value is -1.55. The van der Waals surface area contributed by atoms with E-state index in [0.29, 0.717) is 30.7 Å². The Morgan fingerprint density at radius 1 is 1.32 bits per heavy atom. The van der Waals surface area contributed by atoms with Crippen LogP contribution in [0.25, 0.3) is 0 Å². The molecular weight excluding hydrogens is 451 g/mol. The van der Waals surface area contributed by atoms with Crippen molar-refractivity contribution < 1.29 is 9.84 Å². The maximum Gasteiger partial charge on any atom is 0.191 e. The van der Waals surface area contributed by atoms with Crippen molar-refractivity contribution in [1.82, 2.24) is 15.6 Å². The lowest BCUT2D eigenvalue weighted by Crippen LogP contribution is -2.36. The van der Waals surface area contributed by atoms with Crippen molar-refractivity contribution in [2.75, 3.05) is 14.2 Å². The molecule has 0 aliphatic heterocycles. The Morgan fingerprint density at radius 3 is 2.64 bits per heavy atom. The van der Waals surface area contributed by atoms with Gasteiger partial charge in [-0.3, -0.25) is 4.99 Å². The Morgan fingerprint density at radius 2 is 2.04 bits per heavy atom. The average molecular weight is 476 g/mol. The Bertz CT molecular complexity index is 704. The van der Waals surface area contributed by atoms with Crippen molar-refractivity contribution in [1.29, 1.82) is 0 Å². The molecule has 0 radical (unpaired) electrons. The summed E-state index contributed by atoms with van der Waals surface area (Å²) in [6, 6.07) is 5.14.